The lowest BCUT2D eigenvalue weighted by molar-refractivity contribution is -0.384. The number of hydrogen-bond donors (Lipinski definition) is 2. The second-order valence-corrected chi connectivity index (χ2v) is 6.31. The number of carbonyl (C=O) groups is 1. The summed E-state index contributed by atoms with van der Waals surface area (Å²) in [5, 5.41) is 18.2. The fraction of sp³-hybridized carbons (Fsp3) is 0.0909. The molecule has 158 valence electrons. The van der Waals surface area contributed by atoms with Crippen LogP contribution in [0.2, 0.25) is 0 Å². The first-order valence-corrected chi connectivity index (χ1v) is 9.17. The lowest BCUT2D eigenvalue weighted by Gasteiger charge is -2.08. The standard InChI is InChI=1S/C22H20N4O5/c1-30-18-8-3-15(4-9-18)14-23-25-20-12-5-16(13-21(20)26(28)29)22(27)24-17-6-10-19(31-2)11-7-17/h3-14,25H,1-2H3,(H,24,27)/b23-14+. The fourth-order valence-corrected chi connectivity index (χ4v) is 2.66. The van der Waals surface area contributed by atoms with Gasteiger partial charge in [-0.1, -0.05) is 0 Å². The monoisotopic (exact) mass is 420 g/mol. The first-order valence-electron chi connectivity index (χ1n) is 9.17. The van der Waals surface area contributed by atoms with Gasteiger partial charge in [0.25, 0.3) is 11.6 Å². The fourth-order valence-electron chi connectivity index (χ4n) is 2.66. The highest BCUT2D eigenvalue weighted by atomic mass is 16.6. The Morgan fingerprint density at radius 2 is 1.58 bits per heavy atom. The predicted molar refractivity (Wildman–Crippen MR) is 118 cm³/mol. The molecule has 0 saturated carbocycles. The van der Waals surface area contributed by atoms with Crippen molar-refractivity contribution in [2.24, 2.45) is 5.10 Å². The van der Waals surface area contributed by atoms with Crippen LogP contribution in [0.15, 0.2) is 71.8 Å². The zero-order valence-corrected chi connectivity index (χ0v) is 16.9. The Kier molecular flexibility index (Phi) is 6.79. The summed E-state index contributed by atoms with van der Waals surface area (Å²) in [6.07, 6.45) is 1.52. The van der Waals surface area contributed by atoms with Crippen LogP contribution in [0.25, 0.3) is 0 Å². The summed E-state index contributed by atoms with van der Waals surface area (Å²) >= 11 is 0. The number of hydrogen-bond acceptors (Lipinski definition) is 7. The summed E-state index contributed by atoms with van der Waals surface area (Å²) < 4.78 is 10.2. The van der Waals surface area contributed by atoms with Crippen LogP contribution in [0, 0.1) is 10.1 Å². The quantitative estimate of drug-likeness (QED) is 0.319. The summed E-state index contributed by atoms with van der Waals surface area (Å²) in [7, 11) is 3.12. The zero-order valence-electron chi connectivity index (χ0n) is 16.9. The summed E-state index contributed by atoms with van der Waals surface area (Å²) in [6, 6.07) is 18.0. The molecule has 0 saturated heterocycles. The van der Waals surface area contributed by atoms with Gasteiger partial charge in [0.1, 0.15) is 17.2 Å². The lowest BCUT2D eigenvalue weighted by Crippen LogP contribution is -2.12. The van der Waals surface area contributed by atoms with E-state index in [9.17, 15) is 14.9 Å². The molecular formula is C22H20N4O5. The minimum Gasteiger partial charge on any atom is -0.497 e. The van der Waals surface area contributed by atoms with Gasteiger partial charge in [-0.25, -0.2) is 0 Å². The van der Waals surface area contributed by atoms with Gasteiger partial charge in [0.2, 0.25) is 0 Å². The molecule has 0 aliphatic heterocycles. The van der Waals surface area contributed by atoms with E-state index in [-0.39, 0.29) is 16.9 Å². The molecule has 1 amide bonds. The Morgan fingerprint density at radius 3 is 2.16 bits per heavy atom. The topological polar surface area (TPSA) is 115 Å². The Labute approximate surface area is 178 Å². The van der Waals surface area contributed by atoms with Crippen molar-refractivity contribution in [2.45, 2.75) is 0 Å². The first-order chi connectivity index (χ1) is 15.0. The smallest absolute Gasteiger partial charge is 0.294 e. The van der Waals surface area contributed by atoms with Gasteiger partial charge < -0.3 is 14.8 Å². The number of nitro benzene ring substituents is 1. The molecule has 2 N–H and O–H groups in total. The molecule has 0 heterocycles. The number of amides is 1. The van der Waals surface area contributed by atoms with E-state index in [2.05, 4.69) is 15.8 Å². The second-order valence-electron chi connectivity index (χ2n) is 6.31. The van der Waals surface area contributed by atoms with Gasteiger partial charge in [0.05, 0.1) is 25.4 Å². The summed E-state index contributed by atoms with van der Waals surface area (Å²) in [6.45, 7) is 0. The number of hydrazone groups is 1. The SMILES string of the molecule is COc1ccc(/C=N/Nc2ccc(C(=O)Nc3ccc(OC)cc3)cc2[N+](=O)[O-])cc1. The van der Waals surface area contributed by atoms with E-state index in [1.807, 2.05) is 0 Å². The number of rotatable bonds is 8. The van der Waals surface area contributed by atoms with Gasteiger partial charge in [0.15, 0.2) is 0 Å². The van der Waals surface area contributed by atoms with Crippen LogP contribution in [-0.2, 0) is 0 Å². The maximum absolute atomic E-state index is 12.5. The highest BCUT2D eigenvalue weighted by Crippen LogP contribution is 2.26. The van der Waals surface area contributed by atoms with Crippen molar-refractivity contribution in [1.29, 1.82) is 0 Å². The van der Waals surface area contributed by atoms with Crippen LogP contribution in [-0.4, -0.2) is 31.3 Å². The average molecular weight is 420 g/mol. The third kappa shape index (κ3) is 5.57. The molecule has 0 unspecified atom stereocenters. The number of nitrogens with one attached hydrogen (secondary N) is 2. The van der Waals surface area contributed by atoms with Crippen molar-refractivity contribution in [1.82, 2.24) is 0 Å². The number of methoxy groups -OCH3 is 2. The van der Waals surface area contributed by atoms with E-state index in [1.54, 1.807) is 62.8 Å². The second kappa shape index (κ2) is 9.88. The van der Waals surface area contributed by atoms with Crippen LogP contribution < -0.4 is 20.2 Å². The molecule has 31 heavy (non-hydrogen) atoms. The molecule has 0 aliphatic rings. The van der Waals surface area contributed by atoms with E-state index in [0.29, 0.717) is 17.2 Å². The molecule has 3 rings (SSSR count). The van der Waals surface area contributed by atoms with Crippen molar-refractivity contribution >= 4 is 29.2 Å². The minimum atomic E-state index is -0.574. The molecule has 0 spiro atoms. The average Bonchev–Trinajstić information content (AvgIpc) is 2.80. The highest BCUT2D eigenvalue weighted by molar-refractivity contribution is 6.05. The Hall–Kier alpha value is -4.40. The van der Waals surface area contributed by atoms with Gasteiger partial charge in [-0.3, -0.25) is 20.3 Å². The van der Waals surface area contributed by atoms with Crippen LogP contribution >= 0.6 is 0 Å². The van der Waals surface area contributed by atoms with E-state index >= 15 is 0 Å². The van der Waals surface area contributed by atoms with Crippen LogP contribution in [0.5, 0.6) is 11.5 Å². The molecule has 0 aliphatic carbocycles. The van der Waals surface area contributed by atoms with Gasteiger partial charge >= 0.3 is 0 Å². The molecule has 3 aromatic rings. The molecular weight excluding hydrogens is 400 g/mol. The Bertz CT molecular complexity index is 1100. The van der Waals surface area contributed by atoms with Gasteiger partial charge in [-0.05, 0) is 66.2 Å². The zero-order chi connectivity index (χ0) is 22.2. The summed E-state index contributed by atoms with van der Waals surface area (Å²) in [5.41, 5.74) is 4.02. The lowest BCUT2D eigenvalue weighted by atomic mass is 10.1. The maximum atomic E-state index is 12.5. The third-order valence-electron chi connectivity index (χ3n) is 4.32. The van der Waals surface area contributed by atoms with Crippen LogP contribution in [0.1, 0.15) is 15.9 Å². The molecule has 0 atom stereocenters. The number of nitro groups is 1. The number of carbonyl (C=O) groups excluding carboxylic acids is 1. The van der Waals surface area contributed by atoms with E-state index in [0.717, 1.165) is 5.56 Å². The summed E-state index contributed by atoms with van der Waals surface area (Å²) in [4.78, 5) is 23.4. The van der Waals surface area contributed by atoms with Crippen LogP contribution in [0.4, 0.5) is 17.1 Å². The molecule has 3 aromatic carbocycles. The molecule has 9 heteroatoms. The summed E-state index contributed by atoms with van der Waals surface area (Å²) in [5.74, 6) is 0.894. The molecule has 9 nitrogen and oxygen atoms in total. The van der Waals surface area contributed by atoms with E-state index in [4.69, 9.17) is 9.47 Å². The molecule has 0 aromatic heterocycles. The van der Waals surface area contributed by atoms with Crippen molar-refractivity contribution < 1.29 is 19.2 Å². The number of anilines is 2. The van der Waals surface area contributed by atoms with E-state index in [1.165, 1.54) is 24.4 Å². The normalized spacial score (nSPS) is 10.5. The van der Waals surface area contributed by atoms with Crippen molar-refractivity contribution in [3.8, 4) is 11.5 Å². The third-order valence-corrected chi connectivity index (χ3v) is 4.32. The van der Waals surface area contributed by atoms with Gasteiger partial charge in [-0.15, -0.1) is 0 Å². The predicted octanol–water partition coefficient (Wildman–Crippen LogP) is 4.31. The minimum absolute atomic E-state index is 0.146. The van der Waals surface area contributed by atoms with Crippen molar-refractivity contribution in [3.63, 3.8) is 0 Å². The van der Waals surface area contributed by atoms with E-state index < -0.39 is 10.8 Å². The molecule has 0 fully saturated rings. The van der Waals surface area contributed by atoms with Gasteiger partial charge in [0, 0.05) is 17.3 Å². The maximum Gasteiger partial charge on any atom is 0.294 e. The largest absolute Gasteiger partial charge is 0.497 e. The number of benzene rings is 3. The van der Waals surface area contributed by atoms with Crippen molar-refractivity contribution in [2.75, 3.05) is 25.0 Å². The first kappa shape index (κ1) is 21.3. The van der Waals surface area contributed by atoms with Gasteiger partial charge in [-0.2, -0.15) is 5.10 Å². The van der Waals surface area contributed by atoms with Crippen molar-refractivity contribution in [3.05, 3.63) is 88.0 Å². The molecule has 0 radical (unpaired) electrons. The number of nitrogens with zero attached hydrogens (tertiary/aromatic N) is 2. The Balaban J connectivity index is 1.72. The molecule has 0 bridgehead atoms. The Morgan fingerprint density at radius 1 is 0.968 bits per heavy atom. The highest BCUT2D eigenvalue weighted by Gasteiger charge is 2.17. The van der Waals surface area contributed by atoms with Crippen LogP contribution in [0.3, 0.4) is 0 Å². The number of ether oxygens (including phenoxy) is 2.